The first-order chi connectivity index (χ1) is 6.24. The molecule has 0 radical (unpaired) electrons. The smallest absolute Gasteiger partial charge is 0.308 e. The Morgan fingerprint density at radius 3 is 2.85 bits per heavy atom. The third-order valence-corrected chi connectivity index (χ3v) is 3.46. The fraction of sp³-hybridized carbons (Fsp3) is 0.800. The summed E-state index contributed by atoms with van der Waals surface area (Å²) < 4.78 is 4.73. The van der Waals surface area contributed by atoms with Gasteiger partial charge in [0.05, 0.1) is 13.0 Å². The maximum Gasteiger partial charge on any atom is 0.308 e. The third-order valence-electron chi connectivity index (χ3n) is 3.46. The van der Waals surface area contributed by atoms with Gasteiger partial charge in [0.15, 0.2) is 0 Å². The molecule has 0 aromatic rings. The van der Waals surface area contributed by atoms with Crippen LogP contribution in [0.5, 0.6) is 0 Å². The van der Waals surface area contributed by atoms with Crippen molar-refractivity contribution in [3.63, 3.8) is 0 Å². The van der Waals surface area contributed by atoms with Crippen LogP contribution >= 0.6 is 0 Å². The Kier molecular flexibility index (Phi) is 2.10. The molecule has 0 aromatic carbocycles. The van der Waals surface area contributed by atoms with E-state index in [0.29, 0.717) is 18.1 Å². The summed E-state index contributed by atoms with van der Waals surface area (Å²) in [5.74, 6) is 0.698. The van der Waals surface area contributed by atoms with E-state index >= 15 is 0 Å². The molecule has 13 heavy (non-hydrogen) atoms. The standard InChI is InChI=1S/C10H14O3/c1-13-10(12)8-3-2-7-6(8)4-5-9(7)11/h6-8H,2-5H2,1H3/t6-,7?,8?/m0/s1. The van der Waals surface area contributed by atoms with Gasteiger partial charge in [0.1, 0.15) is 5.78 Å². The molecule has 0 aliphatic heterocycles. The molecule has 2 unspecified atom stereocenters. The highest BCUT2D eigenvalue weighted by Crippen LogP contribution is 2.45. The Hall–Kier alpha value is -0.860. The monoisotopic (exact) mass is 182 g/mol. The van der Waals surface area contributed by atoms with Crippen molar-refractivity contribution in [3.05, 3.63) is 0 Å². The van der Waals surface area contributed by atoms with Crippen LogP contribution in [0.3, 0.4) is 0 Å². The van der Waals surface area contributed by atoms with Gasteiger partial charge < -0.3 is 4.74 Å². The molecule has 2 saturated carbocycles. The molecule has 72 valence electrons. The SMILES string of the molecule is COC(=O)C1CCC2C(=O)CC[C@@H]21. The van der Waals surface area contributed by atoms with Crippen LogP contribution in [-0.4, -0.2) is 18.9 Å². The van der Waals surface area contributed by atoms with E-state index in [4.69, 9.17) is 4.74 Å². The number of fused-ring (bicyclic) bond motifs is 1. The molecule has 3 nitrogen and oxygen atoms in total. The Balaban J connectivity index is 2.10. The molecule has 2 aliphatic carbocycles. The number of ether oxygens (including phenoxy) is 1. The summed E-state index contributed by atoms with van der Waals surface area (Å²) in [5.41, 5.74) is 0. The lowest BCUT2D eigenvalue weighted by Gasteiger charge is -2.14. The van der Waals surface area contributed by atoms with Crippen molar-refractivity contribution in [2.45, 2.75) is 25.7 Å². The molecular weight excluding hydrogens is 168 g/mol. The molecule has 2 rings (SSSR count). The van der Waals surface area contributed by atoms with E-state index in [1.807, 2.05) is 0 Å². The quantitative estimate of drug-likeness (QED) is 0.571. The first kappa shape index (κ1) is 8.73. The van der Waals surface area contributed by atoms with Crippen LogP contribution in [-0.2, 0) is 14.3 Å². The second-order valence-corrected chi connectivity index (χ2v) is 3.98. The average molecular weight is 182 g/mol. The van der Waals surface area contributed by atoms with Gasteiger partial charge in [-0.15, -0.1) is 0 Å². The molecule has 3 heteroatoms. The molecule has 0 saturated heterocycles. The van der Waals surface area contributed by atoms with Crippen molar-refractivity contribution in [1.82, 2.24) is 0 Å². The van der Waals surface area contributed by atoms with Gasteiger partial charge in [-0.2, -0.15) is 0 Å². The summed E-state index contributed by atoms with van der Waals surface area (Å²) in [4.78, 5) is 22.7. The minimum atomic E-state index is -0.123. The summed E-state index contributed by atoms with van der Waals surface area (Å²) in [7, 11) is 1.42. The molecule has 0 aromatic heterocycles. The van der Waals surface area contributed by atoms with Crippen molar-refractivity contribution in [3.8, 4) is 0 Å². The zero-order valence-electron chi connectivity index (χ0n) is 7.79. The predicted octanol–water partition coefficient (Wildman–Crippen LogP) is 1.16. The summed E-state index contributed by atoms with van der Waals surface area (Å²) >= 11 is 0. The number of carbonyl (C=O) groups excluding carboxylic acids is 2. The molecule has 2 fully saturated rings. The number of rotatable bonds is 1. The van der Waals surface area contributed by atoms with Crippen LogP contribution in [0.2, 0.25) is 0 Å². The lowest BCUT2D eigenvalue weighted by Crippen LogP contribution is -2.21. The molecule has 3 atom stereocenters. The van der Waals surface area contributed by atoms with Gasteiger partial charge in [-0.25, -0.2) is 0 Å². The second-order valence-electron chi connectivity index (χ2n) is 3.98. The van der Waals surface area contributed by atoms with Gasteiger partial charge in [0.2, 0.25) is 0 Å². The van der Waals surface area contributed by atoms with E-state index in [1.165, 1.54) is 7.11 Å². The van der Waals surface area contributed by atoms with E-state index in [0.717, 1.165) is 19.3 Å². The number of hydrogen-bond acceptors (Lipinski definition) is 3. The zero-order chi connectivity index (χ0) is 9.42. The fourth-order valence-corrected chi connectivity index (χ4v) is 2.81. The topological polar surface area (TPSA) is 43.4 Å². The normalized spacial score (nSPS) is 37.6. The molecule has 0 N–H and O–H groups in total. The van der Waals surface area contributed by atoms with Crippen LogP contribution in [0.1, 0.15) is 25.7 Å². The number of carbonyl (C=O) groups is 2. The van der Waals surface area contributed by atoms with Crippen molar-refractivity contribution in [1.29, 1.82) is 0 Å². The molecule has 0 amide bonds. The van der Waals surface area contributed by atoms with E-state index < -0.39 is 0 Å². The highest BCUT2D eigenvalue weighted by atomic mass is 16.5. The van der Waals surface area contributed by atoms with Crippen LogP contribution in [0.15, 0.2) is 0 Å². The predicted molar refractivity (Wildman–Crippen MR) is 46.0 cm³/mol. The van der Waals surface area contributed by atoms with Gasteiger partial charge >= 0.3 is 5.97 Å². The van der Waals surface area contributed by atoms with Gasteiger partial charge in [0.25, 0.3) is 0 Å². The van der Waals surface area contributed by atoms with Crippen LogP contribution in [0.4, 0.5) is 0 Å². The number of Topliss-reactive ketones (excluding diaryl/α,β-unsaturated/α-hetero) is 1. The van der Waals surface area contributed by atoms with Gasteiger partial charge in [-0.3, -0.25) is 9.59 Å². The lowest BCUT2D eigenvalue weighted by molar-refractivity contribution is -0.146. The molecular formula is C10H14O3. The zero-order valence-corrected chi connectivity index (χ0v) is 7.79. The van der Waals surface area contributed by atoms with E-state index in [2.05, 4.69) is 0 Å². The Bertz CT molecular complexity index is 247. The minimum absolute atomic E-state index is 0.00134. The summed E-state index contributed by atoms with van der Waals surface area (Å²) in [6.45, 7) is 0. The van der Waals surface area contributed by atoms with Gasteiger partial charge in [-0.05, 0) is 25.2 Å². The van der Waals surface area contributed by atoms with Crippen molar-refractivity contribution in [2.24, 2.45) is 17.8 Å². The fourth-order valence-electron chi connectivity index (χ4n) is 2.81. The third kappa shape index (κ3) is 1.26. The molecule has 0 heterocycles. The van der Waals surface area contributed by atoms with Crippen LogP contribution in [0, 0.1) is 17.8 Å². The number of methoxy groups -OCH3 is 1. The maximum atomic E-state index is 11.4. The van der Waals surface area contributed by atoms with E-state index in [-0.39, 0.29) is 17.8 Å². The number of hydrogen-bond donors (Lipinski definition) is 0. The van der Waals surface area contributed by atoms with Crippen LogP contribution < -0.4 is 0 Å². The van der Waals surface area contributed by atoms with Gasteiger partial charge in [0, 0.05) is 12.3 Å². The summed E-state index contributed by atoms with van der Waals surface area (Å²) in [5, 5.41) is 0. The summed E-state index contributed by atoms with van der Waals surface area (Å²) in [6, 6.07) is 0. The Morgan fingerprint density at radius 2 is 2.15 bits per heavy atom. The van der Waals surface area contributed by atoms with Crippen molar-refractivity contribution < 1.29 is 14.3 Å². The summed E-state index contributed by atoms with van der Waals surface area (Å²) in [6.07, 6.45) is 3.29. The van der Waals surface area contributed by atoms with Gasteiger partial charge in [-0.1, -0.05) is 0 Å². The maximum absolute atomic E-state index is 11.4. The first-order valence-electron chi connectivity index (χ1n) is 4.84. The Labute approximate surface area is 77.4 Å². The highest BCUT2D eigenvalue weighted by Gasteiger charge is 2.47. The number of esters is 1. The average Bonchev–Trinajstić information content (AvgIpc) is 2.68. The first-order valence-corrected chi connectivity index (χ1v) is 4.84. The van der Waals surface area contributed by atoms with Crippen LogP contribution in [0.25, 0.3) is 0 Å². The largest absolute Gasteiger partial charge is 0.469 e. The number of ketones is 1. The van der Waals surface area contributed by atoms with E-state index in [9.17, 15) is 9.59 Å². The minimum Gasteiger partial charge on any atom is -0.469 e. The van der Waals surface area contributed by atoms with E-state index in [1.54, 1.807) is 0 Å². The van der Waals surface area contributed by atoms with Crippen molar-refractivity contribution >= 4 is 11.8 Å². The Morgan fingerprint density at radius 1 is 1.38 bits per heavy atom. The van der Waals surface area contributed by atoms with Crippen molar-refractivity contribution in [2.75, 3.05) is 7.11 Å². The molecule has 2 aliphatic rings. The lowest BCUT2D eigenvalue weighted by atomic mass is 9.92. The molecule has 0 spiro atoms. The second kappa shape index (κ2) is 3.13. The molecule has 0 bridgehead atoms. The highest BCUT2D eigenvalue weighted by molar-refractivity contribution is 5.86.